The third kappa shape index (κ3) is 3.61. The zero-order valence-electron chi connectivity index (χ0n) is 15.8. The van der Waals surface area contributed by atoms with Crippen molar-refractivity contribution in [3.05, 3.63) is 47.4 Å². The molecule has 0 bridgehead atoms. The first kappa shape index (κ1) is 17.8. The smallest absolute Gasteiger partial charge is 0.226 e. The van der Waals surface area contributed by atoms with Crippen molar-refractivity contribution in [2.24, 2.45) is 0 Å². The number of carbonyl (C=O) groups is 1. The maximum Gasteiger partial charge on any atom is 0.226 e. The summed E-state index contributed by atoms with van der Waals surface area (Å²) in [5.41, 5.74) is 2.85. The summed E-state index contributed by atoms with van der Waals surface area (Å²) in [5.74, 6) is 1.77. The molecule has 1 aliphatic carbocycles. The topological polar surface area (TPSA) is 69.0 Å². The van der Waals surface area contributed by atoms with Gasteiger partial charge < -0.3 is 10.1 Å². The van der Waals surface area contributed by atoms with Gasteiger partial charge in [-0.3, -0.25) is 4.79 Å². The number of rotatable bonds is 7. The molecule has 6 heteroatoms. The van der Waals surface area contributed by atoms with Crippen molar-refractivity contribution in [2.75, 3.05) is 11.9 Å². The Morgan fingerprint density at radius 2 is 2.04 bits per heavy atom. The van der Waals surface area contributed by atoms with Crippen molar-refractivity contribution in [2.45, 2.75) is 57.9 Å². The summed E-state index contributed by atoms with van der Waals surface area (Å²) in [4.78, 5) is 17.0. The van der Waals surface area contributed by atoms with Gasteiger partial charge in [-0.2, -0.15) is 10.1 Å². The molecular formula is C21H26N4O2. The molecule has 1 atom stereocenters. The molecule has 27 heavy (non-hydrogen) atoms. The molecule has 0 amide bonds. The highest BCUT2D eigenvalue weighted by Crippen LogP contribution is 2.39. The lowest BCUT2D eigenvalue weighted by Crippen LogP contribution is -2.31. The SMILES string of the molecule is CCCCCCOc1ccc(C2C3=C(CCCC3=O)Nc3ncnn32)cc1. The minimum atomic E-state index is -0.217. The number of aromatic nitrogens is 3. The molecule has 2 aromatic rings. The number of anilines is 1. The van der Waals surface area contributed by atoms with Crippen LogP contribution >= 0.6 is 0 Å². The van der Waals surface area contributed by atoms with Gasteiger partial charge in [-0.1, -0.05) is 38.3 Å². The zero-order valence-corrected chi connectivity index (χ0v) is 15.8. The normalized spacial score (nSPS) is 18.7. The number of fused-ring (bicyclic) bond motifs is 1. The lowest BCUT2D eigenvalue weighted by atomic mass is 9.85. The Balaban J connectivity index is 1.55. The molecular weight excluding hydrogens is 340 g/mol. The van der Waals surface area contributed by atoms with Gasteiger partial charge in [-0.05, 0) is 37.0 Å². The lowest BCUT2D eigenvalue weighted by Gasteiger charge is -2.32. The number of nitrogens with zero attached hydrogens (tertiary/aromatic N) is 3. The molecule has 142 valence electrons. The number of hydrogen-bond donors (Lipinski definition) is 1. The predicted molar refractivity (Wildman–Crippen MR) is 104 cm³/mol. The Kier molecular flexibility index (Phi) is 5.23. The van der Waals surface area contributed by atoms with Gasteiger partial charge in [-0.15, -0.1) is 0 Å². The molecule has 2 heterocycles. The second kappa shape index (κ2) is 7.94. The van der Waals surface area contributed by atoms with Crippen LogP contribution in [0.2, 0.25) is 0 Å². The molecule has 4 rings (SSSR count). The molecule has 1 aromatic heterocycles. The van der Waals surface area contributed by atoms with Crippen LogP contribution in [0.25, 0.3) is 0 Å². The molecule has 1 N–H and O–H groups in total. The van der Waals surface area contributed by atoms with Gasteiger partial charge in [0.15, 0.2) is 5.78 Å². The Morgan fingerprint density at radius 3 is 2.85 bits per heavy atom. The highest BCUT2D eigenvalue weighted by molar-refractivity contribution is 5.99. The maximum absolute atomic E-state index is 12.7. The van der Waals surface area contributed by atoms with Crippen LogP contribution in [0.4, 0.5) is 5.95 Å². The minimum absolute atomic E-state index is 0.200. The summed E-state index contributed by atoms with van der Waals surface area (Å²) in [7, 11) is 0. The van der Waals surface area contributed by atoms with Gasteiger partial charge in [0.05, 0.1) is 6.61 Å². The average Bonchev–Trinajstić information content (AvgIpc) is 3.15. The van der Waals surface area contributed by atoms with Crippen molar-refractivity contribution >= 4 is 11.7 Å². The van der Waals surface area contributed by atoms with Crippen molar-refractivity contribution in [1.82, 2.24) is 14.8 Å². The molecule has 0 saturated carbocycles. The van der Waals surface area contributed by atoms with Crippen LogP contribution in [0.1, 0.15) is 63.5 Å². The molecule has 0 fully saturated rings. The van der Waals surface area contributed by atoms with E-state index in [1.807, 2.05) is 28.9 Å². The third-order valence-electron chi connectivity index (χ3n) is 5.27. The summed E-state index contributed by atoms with van der Waals surface area (Å²) in [6, 6.07) is 7.83. The monoisotopic (exact) mass is 366 g/mol. The summed E-state index contributed by atoms with van der Waals surface area (Å²) >= 11 is 0. The van der Waals surface area contributed by atoms with Crippen LogP contribution in [-0.4, -0.2) is 27.2 Å². The average molecular weight is 366 g/mol. The quantitative estimate of drug-likeness (QED) is 0.742. The molecule has 6 nitrogen and oxygen atoms in total. The lowest BCUT2D eigenvalue weighted by molar-refractivity contribution is -0.116. The summed E-state index contributed by atoms with van der Waals surface area (Å²) in [5, 5.41) is 7.65. The number of hydrogen-bond acceptors (Lipinski definition) is 5. The number of Topliss-reactive ketones (excluding diaryl/α,β-unsaturated/α-hetero) is 1. The molecule has 0 spiro atoms. The fourth-order valence-electron chi connectivity index (χ4n) is 3.87. The molecule has 1 aromatic carbocycles. The van der Waals surface area contributed by atoms with E-state index in [0.29, 0.717) is 12.4 Å². The van der Waals surface area contributed by atoms with Crippen LogP contribution in [0.3, 0.4) is 0 Å². The van der Waals surface area contributed by atoms with Crippen molar-refractivity contribution in [3.8, 4) is 5.75 Å². The van der Waals surface area contributed by atoms with Crippen molar-refractivity contribution < 1.29 is 9.53 Å². The molecule has 0 radical (unpaired) electrons. The van der Waals surface area contributed by atoms with E-state index >= 15 is 0 Å². The first-order chi connectivity index (χ1) is 13.3. The summed E-state index contributed by atoms with van der Waals surface area (Å²) in [6.45, 7) is 2.95. The zero-order chi connectivity index (χ0) is 18.6. The fraction of sp³-hybridized carbons (Fsp3) is 0.476. The van der Waals surface area contributed by atoms with Gasteiger partial charge >= 0.3 is 0 Å². The Hall–Kier alpha value is -2.63. The van der Waals surface area contributed by atoms with Gasteiger partial charge in [0.2, 0.25) is 5.95 Å². The molecule has 2 aliphatic rings. The second-order valence-corrected chi connectivity index (χ2v) is 7.20. The van der Waals surface area contributed by atoms with Crippen molar-refractivity contribution in [1.29, 1.82) is 0 Å². The van der Waals surface area contributed by atoms with Crippen LogP contribution in [0, 0.1) is 0 Å². The first-order valence-corrected chi connectivity index (χ1v) is 9.93. The Morgan fingerprint density at radius 1 is 1.19 bits per heavy atom. The second-order valence-electron chi connectivity index (χ2n) is 7.20. The van der Waals surface area contributed by atoms with Crippen LogP contribution < -0.4 is 10.1 Å². The summed E-state index contributed by atoms with van der Waals surface area (Å²) < 4.78 is 7.66. The highest BCUT2D eigenvalue weighted by atomic mass is 16.5. The van der Waals surface area contributed by atoms with Crippen LogP contribution in [0.5, 0.6) is 5.75 Å². The van der Waals surface area contributed by atoms with E-state index in [1.54, 1.807) is 0 Å². The number of unbranched alkanes of at least 4 members (excludes halogenated alkanes) is 3. The fourth-order valence-corrected chi connectivity index (χ4v) is 3.87. The standard InChI is InChI=1S/C21H26N4O2/c1-2-3-4-5-13-27-16-11-9-15(10-12-16)20-19-17(7-6-8-18(19)26)24-21-22-14-23-25(20)21/h9-12,14,20H,2-8,13H2,1H3,(H,22,23,24). The van der Waals surface area contributed by atoms with E-state index in [1.165, 1.54) is 25.6 Å². The molecule has 0 saturated heterocycles. The number of nitrogens with one attached hydrogen (secondary N) is 1. The van der Waals surface area contributed by atoms with Gasteiger partial charge in [0.25, 0.3) is 0 Å². The first-order valence-electron chi connectivity index (χ1n) is 9.93. The van der Waals surface area contributed by atoms with E-state index in [0.717, 1.165) is 48.5 Å². The predicted octanol–water partition coefficient (Wildman–Crippen LogP) is 4.26. The van der Waals surface area contributed by atoms with E-state index in [4.69, 9.17) is 4.74 Å². The highest BCUT2D eigenvalue weighted by Gasteiger charge is 2.35. The number of benzene rings is 1. The molecule has 1 aliphatic heterocycles. The maximum atomic E-state index is 12.7. The summed E-state index contributed by atoms with van der Waals surface area (Å²) in [6.07, 6.45) is 8.66. The van der Waals surface area contributed by atoms with E-state index in [-0.39, 0.29) is 11.8 Å². The van der Waals surface area contributed by atoms with E-state index in [2.05, 4.69) is 22.3 Å². The number of carbonyl (C=O) groups excluding carboxylic acids is 1. The number of allylic oxidation sites excluding steroid dienone is 2. The molecule has 1 unspecified atom stereocenters. The van der Waals surface area contributed by atoms with Crippen LogP contribution in [0.15, 0.2) is 41.9 Å². The third-order valence-corrected chi connectivity index (χ3v) is 5.27. The van der Waals surface area contributed by atoms with E-state index in [9.17, 15) is 4.79 Å². The van der Waals surface area contributed by atoms with E-state index < -0.39 is 0 Å². The minimum Gasteiger partial charge on any atom is -0.494 e. The van der Waals surface area contributed by atoms with Gasteiger partial charge in [-0.25, -0.2) is 4.68 Å². The largest absolute Gasteiger partial charge is 0.494 e. The number of ketones is 1. The number of ether oxygens (including phenoxy) is 1. The van der Waals surface area contributed by atoms with Crippen LogP contribution in [-0.2, 0) is 4.79 Å². The van der Waals surface area contributed by atoms with Gasteiger partial charge in [0.1, 0.15) is 18.1 Å². The Bertz CT molecular complexity index is 838. The Labute approximate surface area is 159 Å². The van der Waals surface area contributed by atoms with Gasteiger partial charge in [0, 0.05) is 17.7 Å². The van der Waals surface area contributed by atoms with Crippen molar-refractivity contribution in [3.63, 3.8) is 0 Å².